The third kappa shape index (κ3) is 7.30. The van der Waals surface area contributed by atoms with Gasteiger partial charge in [-0.25, -0.2) is 4.79 Å². The molecule has 0 radical (unpaired) electrons. The molecule has 0 aliphatic carbocycles. The van der Waals surface area contributed by atoms with Crippen LogP contribution in [0.1, 0.15) is 29.7 Å². The number of carbonyl (C=O) groups excluding carboxylic acids is 1. The van der Waals surface area contributed by atoms with E-state index in [1.54, 1.807) is 0 Å². The van der Waals surface area contributed by atoms with Crippen LogP contribution in [0.4, 0.5) is 4.79 Å². The summed E-state index contributed by atoms with van der Waals surface area (Å²) in [7, 11) is 0. The van der Waals surface area contributed by atoms with Crippen LogP contribution in [-0.2, 0) is 27.4 Å². The van der Waals surface area contributed by atoms with Gasteiger partial charge in [0.25, 0.3) is 12.9 Å². The average molecular weight is 428 g/mol. The molecule has 3 aliphatic rings. The first-order valence-electron chi connectivity index (χ1n) is 9.71. The maximum Gasteiger partial charge on any atom is 0.410 e. The summed E-state index contributed by atoms with van der Waals surface area (Å²) in [6.07, 6.45) is 3.96. The molecule has 1 aromatic rings. The number of likely N-dealkylation sites (tertiary alicyclic amines) is 1. The summed E-state index contributed by atoms with van der Waals surface area (Å²) in [4.78, 5) is 36.6. The van der Waals surface area contributed by atoms with Crippen molar-refractivity contribution < 1.29 is 29.3 Å². The first-order chi connectivity index (χ1) is 14.1. The molecule has 3 aliphatic heterocycles. The van der Waals surface area contributed by atoms with Crippen molar-refractivity contribution in [1.82, 2.24) is 14.7 Å². The Morgan fingerprint density at radius 3 is 2.41 bits per heavy atom. The van der Waals surface area contributed by atoms with Crippen molar-refractivity contribution in [2.24, 2.45) is 0 Å². The van der Waals surface area contributed by atoms with Gasteiger partial charge in [0.2, 0.25) is 0 Å². The van der Waals surface area contributed by atoms with Gasteiger partial charge in [-0.2, -0.15) is 0 Å². The van der Waals surface area contributed by atoms with Crippen molar-refractivity contribution in [2.75, 3.05) is 39.3 Å². The van der Waals surface area contributed by atoms with Gasteiger partial charge < -0.3 is 14.9 Å². The number of thiophene rings is 1. The van der Waals surface area contributed by atoms with Crippen molar-refractivity contribution in [3.63, 3.8) is 0 Å². The van der Waals surface area contributed by atoms with Crippen molar-refractivity contribution in [3.05, 3.63) is 21.9 Å². The maximum atomic E-state index is 11.5. The topological polar surface area (TPSA) is 111 Å². The summed E-state index contributed by atoms with van der Waals surface area (Å²) >= 11 is 1.88. The van der Waals surface area contributed by atoms with E-state index >= 15 is 0 Å². The number of carbonyl (C=O) groups is 3. The summed E-state index contributed by atoms with van der Waals surface area (Å²) in [5, 5.41) is 16.1. The van der Waals surface area contributed by atoms with E-state index in [2.05, 4.69) is 21.2 Å². The zero-order valence-corrected chi connectivity index (χ0v) is 17.3. The second-order valence-electron chi connectivity index (χ2n) is 7.13. The molecule has 0 saturated carbocycles. The molecule has 1 unspecified atom stereocenters. The van der Waals surface area contributed by atoms with E-state index in [4.69, 9.17) is 24.5 Å². The Balaban J connectivity index is 0.000000449. The zero-order valence-electron chi connectivity index (χ0n) is 16.4. The van der Waals surface area contributed by atoms with Crippen LogP contribution in [0.5, 0.6) is 0 Å². The van der Waals surface area contributed by atoms with Gasteiger partial charge in [0.05, 0.1) is 6.04 Å². The third-order valence-electron chi connectivity index (χ3n) is 5.14. The second-order valence-corrected chi connectivity index (χ2v) is 8.12. The highest BCUT2D eigenvalue weighted by Crippen LogP contribution is 2.23. The molecule has 0 bridgehead atoms. The maximum absolute atomic E-state index is 11.5. The fraction of sp³-hybridized carbons (Fsp3) is 0.632. The molecule has 2 N–H and O–H groups in total. The fourth-order valence-electron chi connectivity index (χ4n) is 3.88. The van der Waals surface area contributed by atoms with Gasteiger partial charge >= 0.3 is 6.09 Å². The Morgan fingerprint density at radius 1 is 1.03 bits per heavy atom. The predicted octanol–water partition coefficient (Wildman–Crippen LogP) is 1.77. The van der Waals surface area contributed by atoms with Crippen LogP contribution in [0.25, 0.3) is 0 Å². The van der Waals surface area contributed by atoms with Gasteiger partial charge in [0.1, 0.15) is 6.61 Å². The molecule has 4 heterocycles. The lowest BCUT2D eigenvalue weighted by Crippen LogP contribution is -2.51. The van der Waals surface area contributed by atoms with Gasteiger partial charge in [0.15, 0.2) is 0 Å². The SMILES string of the molecule is O=C1OCC2CN(Cc3cc(CN4CCCCC4)cs3)CCN12.O=CO.O=CO. The molecule has 3 fully saturated rings. The fourth-order valence-corrected chi connectivity index (χ4v) is 4.81. The van der Waals surface area contributed by atoms with E-state index in [1.807, 2.05) is 16.2 Å². The van der Waals surface area contributed by atoms with Crippen molar-refractivity contribution in [2.45, 2.75) is 38.4 Å². The molecule has 162 valence electrons. The van der Waals surface area contributed by atoms with Crippen LogP contribution >= 0.6 is 11.3 Å². The predicted molar refractivity (Wildman–Crippen MR) is 108 cm³/mol. The Hall–Kier alpha value is -2.17. The first-order valence-corrected chi connectivity index (χ1v) is 10.6. The standard InChI is InChI=1S/C17H25N3O2S.2CH2O2/c21-17-20-7-6-19(10-15(20)12-22-17)11-16-8-14(13-23-16)9-18-4-2-1-3-5-18;2*2-1-3/h8,13,15H,1-7,9-12H2;2*1H,(H,2,3). The number of amides is 1. The Morgan fingerprint density at radius 2 is 1.72 bits per heavy atom. The van der Waals surface area contributed by atoms with Gasteiger partial charge in [-0.1, -0.05) is 6.42 Å². The van der Waals surface area contributed by atoms with Crippen LogP contribution in [0, 0.1) is 0 Å². The van der Waals surface area contributed by atoms with Crippen LogP contribution in [0.2, 0.25) is 0 Å². The second kappa shape index (κ2) is 12.4. The highest BCUT2D eigenvalue weighted by molar-refractivity contribution is 7.10. The van der Waals surface area contributed by atoms with Gasteiger partial charge in [-0.15, -0.1) is 11.3 Å². The van der Waals surface area contributed by atoms with Crippen LogP contribution in [0.15, 0.2) is 11.4 Å². The lowest BCUT2D eigenvalue weighted by Gasteiger charge is -2.35. The Kier molecular flexibility index (Phi) is 9.89. The number of hydrogen-bond acceptors (Lipinski definition) is 7. The largest absolute Gasteiger partial charge is 0.483 e. The van der Waals surface area contributed by atoms with E-state index in [-0.39, 0.29) is 25.1 Å². The van der Waals surface area contributed by atoms with Crippen LogP contribution in [-0.4, -0.2) is 89.3 Å². The van der Waals surface area contributed by atoms with Crippen LogP contribution in [0.3, 0.4) is 0 Å². The Bertz CT molecular complexity index is 644. The minimum Gasteiger partial charge on any atom is -0.483 e. The van der Waals surface area contributed by atoms with E-state index in [0.29, 0.717) is 6.61 Å². The average Bonchev–Trinajstić information content (AvgIpc) is 3.30. The summed E-state index contributed by atoms with van der Waals surface area (Å²) in [6, 6.07) is 2.63. The normalized spacial score (nSPS) is 21.7. The summed E-state index contributed by atoms with van der Waals surface area (Å²) in [5.41, 5.74) is 1.46. The number of ether oxygens (including phenoxy) is 1. The number of piperazine rings is 1. The third-order valence-corrected chi connectivity index (χ3v) is 6.11. The van der Waals surface area contributed by atoms with E-state index in [0.717, 1.165) is 32.7 Å². The van der Waals surface area contributed by atoms with Crippen molar-refractivity contribution >= 4 is 30.4 Å². The number of carboxylic acid groups (broad SMARTS) is 2. The number of hydrogen-bond donors (Lipinski definition) is 2. The molecular weight excluding hydrogens is 398 g/mol. The quantitative estimate of drug-likeness (QED) is 0.700. The van der Waals surface area contributed by atoms with E-state index in [9.17, 15) is 4.79 Å². The lowest BCUT2D eigenvalue weighted by atomic mass is 10.1. The molecule has 1 atom stereocenters. The van der Waals surface area contributed by atoms with Gasteiger partial charge in [-0.05, 0) is 42.9 Å². The minimum absolute atomic E-state index is 0.130. The first kappa shape index (κ1) is 23.1. The number of nitrogens with zero attached hydrogens (tertiary/aromatic N) is 3. The highest BCUT2D eigenvalue weighted by atomic mass is 32.1. The number of fused-ring (bicyclic) bond motifs is 1. The minimum atomic E-state index is -0.250. The number of cyclic esters (lactones) is 1. The molecule has 1 amide bonds. The number of piperidine rings is 1. The smallest absolute Gasteiger partial charge is 0.410 e. The Labute approximate surface area is 174 Å². The molecule has 9 nitrogen and oxygen atoms in total. The molecule has 0 aromatic carbocycles. The molecular formula is C19H29N3O6S. The number of rotatable bonds is 4. The van der Waals surface area contributed by atoms with Crippen molar-refractivity contribution in [3.8, 4) is 0 Å². The van der Waals surface area contributed by atoms with Crippen LogP contribution < -0.4 is 0 Å². The molecule has 1 aromatic heterocycles. The molecule has 0 spiro atoms. The zero-order chi connectivity index (χ0) is 21.1. The summed E-state index contributed by atoms with van der Waals surface area (Å²) in [6.45, 7) is 7.36. The summed E-state index contributed by atoms with van der Waals surface area (Å²) < 4.78 is 5.14. The lowest BCUT2D eigenvalue weighted by molar-refractivity contribution is -0.123. The molecule has 29 heavy (non-hydrogen) atoms. The monoisotopic (exact) mass is 427 g/mol. The molecule has 3 saturated heterocycles. The molecule has 4 rings (SSSR count). The van der Waals surface area contributed by atoms with Gasteiger partial charge in [0, 0.05) is 37.6 Å². The van der Waals surface area contributed by atoms with E-state index in [1.165, 1.54) is 42.8 Å². The summed E-state index contributed by atoms with van der Waals surface area (Å²) in [5.74, 6) is 0. The molecule has 10 heteroatoms. The highest BCUT2D eigenvalue weighted by Gasteiger charge is 2.37. The van der Waals surface area contributed by atoms with Gasteiger partial charge in [-0.3, -0.25) is 24.3 Å². The van der Waals surface area contributed by atoms with Crippen molar-refractivity contribution in [1.29, 1.82) is 0 Å². The van der Waals surface area contributed by atoms with E-state index < -0.39 is 0 Å².